The van der Waals surface area contributed by atoms with Gasteiger partial charge in [0, 0.05) is 0 Å². The fourth-order valence-electron chi connectivity index (χ4n) is 2.70. The summed E-state index contributed by atoms with van der Waals surface area (Å²) in [4.78, 5) is 47.4. The van der Waals surface area contributed by atoms with Crippen molar-refractivity contribution in [2.75, 3.05) is 13.2 Å². The Morgan fingerprint density at radius 3 is 1.65 bits per heavy atom. The number of ketones is 2. The summed E-state index contributed by atoms with van der Waals surface area (Å²) in [6, 6.07) is 0. The van der Waals surface area contributed by atoms with Gasteiger partial charge in [-0.3, -0.25) is 23.7 Å². The molecule has 1 N–H and O–H groups in total. The molecule has 0 rings (SSSR count). The monoisotopic (exact) mass is 474 g/mol. The Balaban J connectivity index is -0.00000420. The average molecular weight is 475 g/mol. The molecule has 0 aliphatic heterocycles. The zero-order chi connectivity index (χ0) is 23.3. The predicted octanol–water partition coefficient (Wildman–Crippen LogP) is -0.373. The largest absolute Gasteiger partial charge is 1.00 e. The molecule has 0 aliphatic rings. The van der Waals surface area contributed by atoms with Crippen molar-refractivity contribution in [1.29, 1.82) is 0 Å². The Kier molecular flexibility index (Phi) is 17.5. The SMILES string of the molecule is CCCCC(COC(=O)CC(C(=O)OCC(CCCC)C(C)=O)S(=O)(=O)O)C(C)=O.[H-].[Na+]. The van der Waals surface area contributed by atoms with Crippen LogP contribution in [0.3, 0.4) is 0 Å². The van der Waals surface area contributed by atoms with Crippen LogP contribution in [0.25, 0.3) is 0 Å². The Labute approximate surface area is 208 Å². The first-order valence-electron chi connectivity index (χ1n) is 10.2. The van der Waals surface area contributed by atoms with E-state index in [1.165, 1.54) is 13.8 Å². The van der Waals surface area contributed by atoms with Gasteiger partial charge in [0.2, 0.25) is 0 Å². The van der Waals surface area contributed by atoms with Crippen LogP contribution in [0.1, 0.15) is 74.1 Å². The van der Waals surface area contributed by atoms with E-state index in [0.29, 0.717) is 12.8 Å². The van der Waals surface area contributed by atoms with Crippen LogP contribution in [-0.4, -0.2) is 54.9 Å². The number of ether oxygens (including phenoxy) is 2. The number of Topliss-reactive ketones (excluding diaryl/α,β-unsaturated/α-hetero) is 2. The van der Waals surface area contributed by atoms with Crippen LogP contribution in [0, 0.1) is 11.8 Å². The van der Waals surface area contributed by atoms with Crippen molar-refractivity contribution >= 4 is 33.6 Å². The van der Waals surface area contributed by atoms with E-state index in [1.807, 2.05) is 13.8 Å². The van der Waals surface area contributed by atoms with E-state index in [4.69, 9.17) is 9.47 Å². The minimum absolute atomic E-state index is 0. The first-order chi connectivity index (χ1) is 13.9. The van der Waals surface area contributed by atoms with E-state index in [0.717, 1.165) is 25.7 Å². The molecule has 0 saturated heterocycles. The van der Waals surface area contributed by atoms with Crippen LogP contribution >= 0.6 is 0 Å². The Morgan fingerprint density at radius 1 is 0.871 bits per heavy atom. The van der Waals surface area contributed by atoms with Gasteiger partial charge in [-0.1, -0.05) is 39.5 Å². The number of unbranched alkanes of at least 4 members (excludes halogenated alkanes) is 2. The molecule has 0 saturated carbocycles. The molecule has 176 valence electrons. The normalized spacial score (nSPS) is 14.0. The van der Waals surface area contributed by atoms with Crippen molar-refractivity contribution < 1.29 is 72.6 Å². The molecular formula is C20H35NaO9S. The maximum Gasteiger partial charge on any atom is 1.00 e. The molecule has 31 heavy (non-hydrogen) atoms. The first kappa shape index (κ1) is 32.4. The third kappa shape index (κ3) is 14.1. The quantitative estimate of drug-likeness (QED) is 0.180. The zero-order valence-corrected chi connectivity index (χ0v) is 22.0. The molecule has 0 heterocycles. The molecular weight excluding hydrogens is 439 g/mol. The van der Waals surface area contributed by atoms with E-state index in [1.54, 1.807) is 0 Å². The molecule has 0 aromatic heterocycles. The van der Waals surface area contributed by atoms with Gasteiger partial charge in [0.05, 0.1) is 18.3 Å². The van der Waals surface area contributed by atoms with Gasteiger partial charge in [-0.05, 0) is 26.7 Å². The van der Waals surface area contributed by atoms with Gasteiger partial charge in [-0.2, -0.15) is 8.42 Å². The summed E-state index contributed by atoms with van der Waals surface area (Å²) >= 11 is 0. The number of hydrogen-bond donors (Lipinski definition) is 1. The number of esters is 2. The number of rotatable bonds is 16. The molecule has 0 fully saturated rings. The Morgan fingerprint density at radius 2 is 1.29 bits per heavy atom. The van der Waals surface area contributed by atoms with Crippen molar-refractivity contribution in [2.24, 2.45) is 11.8 Å². The second-order valence-electron chi connectivity index (χ2n) is 7.42. The fourth-order valence-corrected chi connectivity index (χ4v) is 3.36. The number of hydrogen-bond acceptors (Lipinski definition) is 8. The molecule has 0 aromatic carbocycles. The van der Waals surface area contributed by atoms with Gasteiger partial charge in [-0.25, -0.2) is 0 Å². The molecule has 0 radical (unpaired) electrons. The predicted molar refractivity (Wildman–Crippen MR) is 110 cm³/mol. The minimum atomic E-state index is -4.94. The van der Waals surface area contributed by atoms with Gasteiger partial charge in [0.1, 0.15) is 24.8 Å². The number of carbonyl (C=O) groups excluding carboxylic acids is 4. The van der Waals surface area contributed by atoms with Gasteiger partial charge >= 0.3 is 41.5 Å². The molecule has 0 bridgehead atoms. The average Bonchev–Trinajstić information content (AvgIpc) is 2.64. The standard InChI is InChI=1S/C20H34O9S.Na.H/c1-5-7-9-16(14(3)21)12-28-19(23)11-18(30(25,26)27)20(24)29-13-17(15(4)22)10-8-6-2;;/h16-18H,5-13H2,1-4H3,(H,25,26,27);;/q;+1;-1. The summed E-state index contributed by atoms with van der Waals surface area (Å²) in [7, 11) is -4.94. The Hall–Kier alpha value is -0.810. The summed E-state index contributed by atoms with van der Waals surface area (Å²) < 4.78 is 42.3. The summed E-state index contributed by atoms with van der Waals surface area (Å²) in [5.74, 6) is -3.85. The van der Waals surface area contributed by atoms with Crippen molar-refractivity contribution in [3.05, 3.63) is 0 Å². The first-order valence-corrected chi connectivity index (χ1v) is 11.7. The van der Waals surface area contributed by atoms with Crippen LogP contribution in [0.4, 0.5) is 0 Å². The summed E-state index contributed by atoms with van der Waals surface area (Å²) in [6.07, 6.45) is 3.22. The van der Waals surface area contributed by atoms with Crippen molar-refractivity contribution in [3.8, 4) is 0 Å². The van der Waals surface area contributed by atoms with Gasteiger partial charge in [0.15, 0.2) is 5.25 Å². The Bertz CT molecular complexity index is 697. The van der Waals surface area contributed by atoms with E-state index >= 15 is 0 Å². The van der Waals surface area contributed by atoms with Crippen LogP contribution in [0.2, 0.25) is 0 Å². The van der Waals surface area contributed by atoms with Crippen LogP contribution in [-0.2, 0) is 38.8 Å². The second-order valence-corrected chi connectivity index (χ2v) is 9.02. The van der Waals surface area contributed by atoms with Crippen LogP contribution in [0.5, 0.6) is 0 Å². The maximum atomic E-state index is 12.2. The van der Waals surface area contributed by atoms with E-state index in [2.05, 4.69) is 0 Å². The third-order valence-electron chi connectivity index (χ3n) is 4.81. The minimum Gasteiger partial charge on any atom is -1.00 e. The van der Waals surface area contributed by atoms with Crippen LogP contribution in [0.15, 0.2) is 0 Å². The van der Waals surface area contributed by atoms with Gasteiger partial charge in [0.25, 0.3) is 10.1 Å². The molecule has 0 aromatic rings. The van der Waals surface area contributed by atoms with Crippen molar-refractivity contribution in [3.63, 3.8) is 0 Å². The molecule has 3 unspecified atom stereocenters. The zero-order valence-electron chi connectivity index (χ0n) is 20.2. The van der Waals surface area contributed by atoms with E-state index in [9.17, 15) is 32.1 Å². The van der Waals surface area contributed by atoms with E-state index in [-0.39, 0.29) is 55.8 Å². The van der Waals surface area contributed by atoms with Gasteiger partial charge in [-0.15, -0.1) is 0 Å². The van der Waals surface area contributed by atoms with E-state index < -0.39 is 45.6 Å². The smallest absolute Gasteiger partial charge is 1.00 e. The summed E-state index contributed by atoms with van der Waals surface area (Å²) in [5, 5.41) is -2.16. The maximum absolute atomic E-state index is 12.2. The van der Waals surface area contributed by atoms with Crippen LogP contribution < -0.4 is 29.6 Å². The molecule has 11 heteroatoms. The van der Waals surface area contributed by atoms with Gasteiger partial charge < -0.3 is 10.9 Å². The third-order valence-corrected chi connectivity index (χ3v) is 5.89. The summed E-state index contributed by atoms with van der Waals surface area (Å²) in [6.45, 7) is 6.03. The topological polar surface area (TPSA) is 141 Å². The molecule has 3 atom stereocenters. The molecule has 0 aliphatic carbocycles. The fraction of sp³-hybridized carbons (Fsp3) is 0.800. The van der Waals surface area contributed by atoms with Crippen molar-refractivity contribution in [2.45, 2.75) is 77.9 Å². The molecule has 9 nitrogen and oxygen atoms in total. The second kappa shape index (κ2) is 16.8. The summed E-state index contributed by atoms with van der Waals surface area (Å²) in [5.41, 5.74) is 0. The number of carbonyl (C=O) groups is 4. The van der Waals surface area contributed by atoms with Crippen molar-refractivity contribution in [1.82, 2.24) is 0 Å². The molecule has 0 amide bonds. The molecule has 0 spiro atoms.